The molecular weight excluding hydrogens is 327 g/mol. The quantitative estimate of drug-likeness (QED) is 0.908. The van der Waals surface area contributed by atoms with Crippen LogP contribution in [0.15, 0.2) is 18.2 Å². The van der Waals surface area contributed by atoms with E-state index < -0.39 is 17.3 Å². The van der Waals surface area contributed by atoms with Crippen LogP contribution in [0.1, 0.15) is 44.0 Å². The summed E-state index contributed by atoms with van der Waals surface area (Å²) in [7, 11) is 1.35. The van der Waals surface area contributed by atoms with Crippen LogP contribution in [0.25, 0.3) is 0 Å². The Morgan fingerprint density at radius 1 is 1.24 bits per heavy atom. The summed E-state index contributed by atoms with van der Waals surface area (Å²) >= 11 is 0. The highest BCUT2D eigenvalue weighted by molar-refractivity contribution is 5.95. The maximum Gasteiger partial charge on any atom is 0.410 e. The fourth-order valence-electron chi connectivity index (χ4n) is 2.64. The molecule has 0 radical (unpaired) electrons. The van der Waals surface area contributed by atoms with Crippen LogP contribution >= 0.6 is 0 Å². The van der Waals surface area contributed by atoms with Crippen molar-refractivity contribution >= 4 is 12.0 Å². The normalized spacial score (nSPS) is 15.6. The number of nitrogens with one attached hydrogen (secondary N) is 1. The Labute approximate surface area is 147 Å². The Hall–Kier alpha value is -2.31. The molecule has 1 heterocycles. The van der Waals surface area contributed by atoms with Gasteiger partial charge in [0.05, 0.1) is 12.7 Å². The van der Waals surface area contributed by atoms with Gasteiger partial charge in [0, 0.05) is 19.1 Å². The van der Waals surface area contributed by atoms with Crippen LogP contribution < -0.4 is 10.1 Å². The van der Waals surface area contributed by atoms with Crippen molar-refractivity contribution < 1.29 is 23.5 Å². The third kappa shape index (κ3) is 5.08. The molecule has 6 nitrogen and oxygen atoms in total. The second kappa shape index (κ2) is 7.72. The van der Waals surface area contributed by atoms with Crippen LogP contribution in [-0.4, -0.2) is 48.7 Å². The number of nitrogens with zero attached hydrogens (tertiary/aromatic N) is 1. The Morgan fingerprint density at radius 3 is 2.44 bits per heavy atom. The van der Waals surface area contributed by atoms with Crippen molar-refractivity contribution in [3.63, 3.8) is 0 Å². The van der Waals surface area contributed by atoms with E-state index in [0.717, 1.165) is 0 Å². The summed E-state index contributed by atoms with van der Waals surface area (Å²) in [4.78, 5) is 26.0. The van der Waals surface area contributed by atoms with E-state index in [1.54, 1.807) is 11.0 Å². The van der Waals surface area contributed by atoms with Gasteiger partial charge >= 0.3 is 6.09 Å². The minimum absolute atomic E-state index is 0.0346. The molecule has 1 saturated heterocycles. The average Bonchev–Trinajstić information content (AvgIpc) is 2.54. The van der Waals surface area contributed by atoms with E-state index in [9.17, 15) is 14.0 Å². The molecule has 2 rings (SSSR count). The van der Waals surface area contributed by atoms with Crippen molar-refractivity contribution in [2.75, 3.05) is 20.2 Å². The number of carbonyl (C=O) groups excluding carboxylic acids is 2. The number of piperidine rings is 1. The van der Waals surface area contributed by atoms with E-state index in [2.05, 4.69) is 5.32 Å². The Bertz CT molecular complexity index is 634. The van der Waals surface area contributed by atoms with E-state index in [0.29, 0.717) is 25.9 Å². The van der Waals surface area contributed by atoms with Crippen LogP contribution in [0.2, 0.25) is 0 Å². The molecule has 2 amide bonds. The summed E-state index contributed by atoms with van der Waals surface area (Å²) in [5, 5.41) is 2.82. The number of hydrogen-bond donors (Lipinski definition) is 1. The zero-order chi connectivity index (χ0) is 18.6. The van der Waals surface area contributed by atoms with Gasteiger partial charge in [-0.1, -0.05) is 6.07 Å². The largest absolute Gasteiger partial charge is 0.494 e. The van der Waals surface area contributed by atoms with Crippen molar-refractivity contribution in [1.82, 2.24) is 10.2 Å². The Kier molecular flexibility index (Phi) is 5.87. The summed E-state index contributed by atoms with van der Waals surface area (Å²) in [6, 6.07) is 4.34. The number of ether oxygens (including phenoxy) is 2. The monoisotopic (exact) mass is 352 g/mol. The number of methoxy groups -OCH3 is 1. The fourth-order valence-corrected chi connectivity index (χ4v) is 2.64. The van der Waals surface area contributed by atoms with Crippen LogP contribution in [-0.2, 0) is 4.74 Å². The van der Waals surface area contributed by atoms with Gasteiger partial charge in [-0.2, -0.15) is 0 Å². The van der Waals surface area contributed by atoms with E-state index in [1.807, 2.05) is 20.8 Å². The first-order chi connectivity index (χ1) is 11.7. The lowest BCUT2D eigenvalue weighted by Crippen LogP contribution is -2.47. The topological polar surface area (TPSA) is 67.9 Å². The SMILES string of the molecule is COc1cccc(C(=O)NC2CCN(C(=O)OC(C)(C)C)CC2)c1F. The summed E-state index contributed by atoms with van der Waals surface area (Å²) in [5.41, 5.74) is -0.583. The number of carbonyl (C=O) groups is 2. The van der Waals surface area contributed by atoms with Gasteiger partial charge in [0.2, 0.25) is 0 Å². The number of amides is 2. The standard InChI is InChI=1S/C18H25FN2O4/c1-18(2,3)25-17(23)21-10-8-12(9-11-21)20-16(22)13-6-5-7-14(24-4)15(13)19/h5-7,12H,8-11H2,1-4H3,(H,20,22). The van der Waals surface area contributed by atoms with E-state index in [-0.39, 0.29) is 23.4 Å². The highest BCUT2D eigenvalue weighted by atomic mass is 19.1. The van der Waals surface area contributed by atoms with Gasteiger partial charge in [0.15, 0.2) is 11.6 Å². The molecule has 25 heavy (non-hydrogen) atoms. The van der Waals surface area contributed by atoms with Gasteiger partial charge in [-0.15, -0.1) is 0 Å². The molecule has 0 spiro atoms. The first kappa shape index (κ1) is 19.0. The molecule has 0 atom stereocenters. The molecule has 1 aromatic rings. The molecule has 0 unspecified atom stereocenters. The highest BCUT2D eigenvalue weighted by Gasteiger charge is 2.28. The van der Waals surface area contributed by atoms with Crippen molar-refractivity contribution in [2.45, 2.75) is 45.3 Å². The first-order valence-electron chi connectivity index (χ1n) is 8.32. The molecule has 1 aliphatic heterocycles. The summed E-state index contributed by atoms with van der Waals surface area (Å²) in [5.74, 6) is -1.12. The molecule has 1 N–H and O–H groups in total. The van der Waals surface area contributed by atoms with Gasteiger partial charge in [-0.25, -0.2) is 9.18 Å². The zero-order valence-electron chi connectivity index (χ0n) is 15.1. The van der Waals surface area contributed by atoms with Gasteiger partial charge in [-0.05, 0) is 45.7 Å². The van der Waals surface area contributed by atoms with Crippen LogP contribution in [0.4, 0.5) is 9.18 Å². The van der Waals surface area contributed by atoms with Crippen LogP contribution in [0, 0.1) is 5.82 Å². The van der Waals surface area contributed by atoms with Gasteiger partial charge in [0.1, 0.15) is 5.60 Å². The maximum absolute atomic E-state index is 14.1. The zero-order valence-corrected chi connectivity index (χ0v) is 15.1. The second-order valence-corrected chi connectivity index (χ2v) is 7.04. The highest BCUT2D eigenvalue weighted by Crippen LogP contribution is 2.21. The lowest BCUT2D eigenvalue weighted by atomic mass is 10.0. The first-order valence-corrected chi connectivity index (χ1v) is 8.32. The van der Waals surface area contributed by atoms with E-state index in [4.69, 9.17) is 9.47 Å². The number of halogens is 1. The van der Waals surface area contributed by atoms with Gasteiger partial charge in [0.25, 0.3) is 5.91 Å². The molecule has 138 valence electrons. The number of benzene rings is 1. The molecule has 1 fully saturated rings. The molecule has 0 bridgehead atoms. The van der Waals surface area contributed by atoms with Gasteiger partial charge in [-0.3, -0.25) is 4.79 Å². The summed E-state index contributed by atoms with van der Waals surface area (Å²) in [6.07, 6.45) is 0.837. The Balaban J connectivity index is 1.90. The number of likely N-dealkylation sites (tertiary alicyclic amines) is 1. The minimum Gasteiger partial charge on any atom is -0.494 e. The van der Waals surface area contributed by atoms with Crippen molar-refractivity contribution in [2.24, 2.45) is 0 Å². The van der Waals surface area contributed by atoms with E-state index in [1.165, 1.54) is 19.2 Å². The Morgan fingerprint density at radius 2 is 1.88 bits per heavy atom. The third-order valence-electron chi connectivity index (χ3n) is 3.91. The molecule has 1 aliphatic rings. The third-order valence-corrected chi connectivity index (χ3v) is 3.91. The van der Waals surface area contributed by atoms with Crippen LogP contribution in [0.5, 0.6) is 5.75 Å². The van der Waals surface area contributed by atoms with Crippen molar-refractivity contribution in [3.8, 4) is 5.75 Å². The fraction of sp³-hybridized carbons (Fsp3) is 0.556. The smallest absolute Gasteiger partial charge is 0.410 e. The average molecular weight is 352 g/mol. The summed E-state index contributed by atoms with van der Waals surface area (Å²) in [6.45, 7) is 6.43. The lowest BCUT2D eigenvalue weighted by molar-refractivity contribution is 0.0199. The molecule has 0 aromatic heterocycles. The minimum atomic E-state index is -0.673. The van der Waals surface area contributed by atoms with E-state index >= 15 is 0 Å². The molecule has 0 saturated carbocycles. The molecule has 0 aliphatic carbocycles. The summed E-state index contributed by atoms with van der Waals surface area (Å²) < 4.78 is 24.4. The predicted molar refractivity (Wildman–Crippen MR) is 91.2 cm³/mol. The van der Waals surface area contributed by atoms with Gasteiger partial charge < -0.3 is 19.7 Å². The lowest BCUT2D eigenvalue weighted by Gasteiger charge is -2.33. The van der Waals surface area contributed by atoms with Crippen molar-refractivity contribution in [3.05, 3.63) is 29.6 Å². The number of hydrogen-bond acceptors (Lipinski definition) is 4. The maximum atomic E-state index is 14.1. The molecular formula is C18H25FN2O4. The van der Waals surface area contributed by atoms with Crippen molar-refractivity contribution in [1.29, 1.82) is 0 Å². The molecule has 7 heteroatoms. The molecule has 1 aromatic carbocycles. The second-order valence-electron chi connectivity index (χ2n) is 7.04. The van der Waals surface area contributed by atoms with Crippen LogP contribution in [0.3, 0.4) is 0 Å². The number of rotatable bonds is 3. The predicted octanol–water partition coefficient (Wildman–Crippen LogP) is 2.96.